The molecule has 0 saturated heterocycles. The van der Waals surface area contributed by atoms with Crippen molar-refractivity contribution in [3.63, 3.8) is 0 Å². The van der Waals surface area contributed by atoms with Crippen molar-refractivity contribution >= 4 is 46.6 Å². The first-order chi connectivity index (χ1) is 13.2. The topological polar surface area (TPSA) is 58.2 Å². The van der Waals surface area contributed by atoms with Crippen molar-refractivity contribution in [1.82, 2.24) is 0 Å². The number of rotatable bonds is 7. The zero-order valence-electron chi connectivity index (χ0n) is 14.9. The predicted molar refractivity (Wildman–Crippen MR) is 106 cm³/mol. The van der Waals surface area contributed by atoms with Crippen LogP contribution in [0, 0.1) is 0 Å². The molecule has 9 heteroatoms. The Morgan fingerprint density at radius 1 is 1.07 bits per heavy atom. The molecule has 2 amide bonds. The van der Waals surface area contributed by atoms with Gasteiger partial charge in [0.2, 0.25) is 11.8 Å². The molecule has 2 N–H and O–H groups in total. The number of thioether (sulfide) groups is 1. The summed E-state index contributed by atoms with van der Waals surface area (Å²) in [5.74, 6) is -0.783. The first kappa shape index (κ1) is 22.1. The minimum atomic E-state index is -4.63. The smallest absolute Gasteiger partial charge is 0.326 e. The Morgan fingerprint density at radius 2 is 1.82 bits per heavy atom. The summed E-state index contributed by atoms with van der Waals surface area (Å²) in [6.45, 7) is 1.90. The van der Waals surface area contributed by atoms with Crippen LogP contribution in [-0.4, -0.2) is 17.6 Å². The zero-order chi connectivity index (χ0) is 20.7. The molecule has 0 radical (unpaired) electrons. The molecular formula is C19H18ClF3N2O2S. The Balaban J connectivity index is 1.99. The Bertz CT molecular complexity index is 859. The summed E-state index contributed by atoms with van der Waals surface area (Å²) in [5.41, 5.74) is -0.747. The summed E-state index contributed by atoms with van der Waals surface area (Å²) in [4.78, 5) is 24.4. The molecule has 0 unspecified atom stereocenters. The summed E-state index contributed by atoms with van der Waals surface area (Å²) in [6.07, 6.45) is -3.50. The monoisotopic (exact) mass is 430 g/mol. The molecule has 0 spiro atoms. The van der Waals surface area contributed by atoms with E-state index in [1.54, 1.807) is 24.3 Å². The van der Waals surface area contributed by atoms with Crippen molar-refractivity contribution < 1.29 is 22.8 Å². The minimum Gasteiger partial charge on any atom is -0.326 e. The summed E-state index contributed by atoms with van der Waals surface area (Å²) in [5, 5.41) is 4.95. The fraction of sp³-hybridized carbons (Fsp3) is 0.263. The predicted octanol–water partition coefficient (Wildman–Crippen LogP) is 5.83. The second-order valence-electron chi connectivity index (χ2n) is 5.85. The molecule has 0 aliphatic heterocycles. The van der Waals surface area contributed by atoms with Gasteiger partial charge in [-0.25, -0.2) is 0 Å². The molecule has 28 heavy (non-hydrogen) atoms. The highest BCUT2D eigenvalue weighted by atomic mass is 35.5. The lowest BCUT2D eigenvalue weighted by molar-refractivity contribution is -0.137. The molecule has 150 valence electrons. The normalized spacial score (nSPS) is 11.2. The fourth-order valence-electron chi connectivity index (χ4n) is 2.31. The van der Waals surface area contributed by atoms with E-state index in [1.165, 1.54) is 6.07 Å². The van der Waals surface area contributed by atoms with Gasteiger partial charge in [-0.05, 0) is 42.8 Å². The minimum absolute atomic E-state index is 0.0679. The summed E-state index contributed by atoms with van der Waals surface area (Å²) < 4.78 is 39.3. The van der Waals surface area contributed by atoms with Crippen LogP contribution in [-0.2, 0) is 15.8 Å². The third-order valence-corrected chi connectivity index (χ3v) is 4.75. The lowest BCUT2D eigenvalue weighted by atomic mass is 10.1. The molecule has 0 bridgehead atoms. The molecule has 0 aliphatic carbocycles. The van der Waals surface area contributed by atoms with E-state index in [9.17, 15) is 22.8 Å². The van der Waals surface area contributed by atoms with E-state index in [1.807, 2.05) is 6.92 Å². The molecule has 4 nitrogen and oxygen atoms in total. The van der Waals surface area contributed by atoms with Crippen molar-refractivity contribution in [3.05, 3.63) is 53.1 Å². The van der Waals surface area contributed by atoms with Crippen molar-refractivity contribution in [1.29, 1.82) is 0 Å². The molecular weight excluding hydrogens is 413 g/mol. The maximum Gasteiger partial charge on any atom is 0.418 e. The maximum absolute atomic E-state index is 13.1. The van der Waals surface area contributed by atoms with E-state index in [0.717, 1.165) is 30.3 Å². The summed E-state index contributed by atoms with van der Waals surface area (Å²) in [7, 11) is 0. The van der Waals surface area contributed by atoms with Gasteiger partial charge in [0.15, 0.2) is 0 Å². The van der Waals surface area contributed by atoms with Crippen molar-refractivity contribution in [3.8, 4) is 0 Å². The number of alkyl halides is 3. The Labute approximate surface area is 169 Å². The number of hydrogen-bond acceptors (Lipinski definition) is 3. The summed E-state index contributed by atoms with van der Waals surface area (Å²) >= 11 is 6.77. The van der Waals surface area contributed by atoms with Gasteiger partial charge in [-0.3, -0.25) is 9.59 Å². The zero-order valence-corrected chi connectivity index (χ0v) is 16.5. The van der Waals surface area contributed by atoms with Crippen LogP contribution < -0.4 is 10.6 Å². The highest BCUT2D eigenvalue weighted by molar-refractivity contribution is 8.00. The largest absolute Gasteiger partial charge is 0.418 e. The van der Waals surface area contributed by atoms with Gasteiger partial charge in [0.05, 0.1) is 17.0 Å². The van der Waals surface area contributed by atoms with Crippen LogP contribution in [0.2, 0.25) is 5.02 Å². The van der Waals surface area contributed by atoms with Gasteiger partial charge >= 0.3 is 6.18 Å². The number of carbonyl (C=O) groups excluding carboxylic acids is 2. The standard InChI is InChI=1S/C19H18ClF3N2O2S/c1-2-4-17(26)24-13-5-3-6-14(10-13)28-11-18(27)25-16-8-7-12(20)9-15(16)19(21,22)23/h3,5-10H,2,4,11H2,1H3,(H,24,26)(H,25,27). The van der Waals surface area contributed by atoms with E-state index >= 15 is 0 Å². The third-order valence-electron chi connectivity index (χ3n) is 3.53. The molecule has 0 aromatic heterocycles. The van der Waals surface area contributed by atoms with Gasteiger partial charge in [0.1, 0.15) is 0 Å². The van der Waals surface area contributed by atoms with Gasteiger partial charge in [-0.15, -0.1) is 11.8 Å². The lowest BCUT2D eigenvalue weighted by Crippen LogP contribution is -2.18. The molecule has 0 saturated carbocycles. The van der Waals surface area contributed by atoms with Crippen LogP contribution in [0.25, 0.3) is 0 Å². The Morgan fingerprint density at radius 3 is 2.50 bits per heavy atom. The van der Waals surface area contributed by atoms with E-state index in [0.29, 0.717) is 17.0 Å². The van der Waals surface area contributed by atoms with E-state index in [4.69, 9.17) is 11.6 Å². The van der Waals surface area contributed by atoms with E-state index < -0.39 is 17.6 Å². The third kappa shape index (κ3) is 6.76. The van der Waals surface area contributed by atoms with Gasteiger partial charge in [-0.1, -0.05) is 24.6 Å². The van der Waals surface area contributed by atoms with Gasteiger partial charge in [0, 0.05) is 22.0 Å². The Hall–Kier alpha value is -2.19. The molecule has 2 aromatic carbocycles. The highest BCUT2D eigenvalue weighted by Crippen LogP contribution is 2.36. The summed E-state index contributed by atoms with van der Waals surface area (Å²) in [6, 6.07) is 10.1. The van der Waals surface area contributed by atoms with Gasteiger partial charge in [0.25, 0.3) is 0 Å². The number of amides is 2. The molecule has 0 heterocycles. The van der Waals surface area contributed by atoms with Crippen LogP contribution in [0.3, 0.4) is 0 Å². The first-order valence-electron chi connectivity index (χ1n) is 8.38. The first-order valence-corrected chi connectivity index (χ1v) is 9.74. The number of nitrogens with one attached hydrogen (secondary N) is 2. The molecule has 2 aromatic rings. The van der Waals surface area contributed by atoms with Crippen molar-refractivity contribution in [2.45, 2.75) is 30.8 Å². The van der Waals surface area contributed by atoms with Crippen LogP contribution in [0.4, 0.5) is 24.5 Å². The van der Waals surface area contributed by atoms with E-state index in [2.05, 4.69) is 10.6 Å². The SMILES string of the molecule is CCCC(=O)Nc1cccc(SCC(=O)Nc2ccc(Cl)cc2C(F)(F)F)c1. The Kier molecular flexibility index (Phi) is 7.77. The average Bonchev–Trinajstić information content (AvgIpc) is 2.61. The molecule has 0 fully saturated rings. The molecule has 2 rings (SSSR count). The second-order valence-corrected chi connectivity index (χ2v) is 7.34. The average molecular weight is 431 g/mol. The number of benzene rings is 2. The number of anilines is 2. The maximum atomic E-state index is 13.1. The number of hydrogen-bond donors (Lipinski definition) is 2. The van der Waals surface area contributed by atoms with Crippen LogP contribution in [0.5, 0.6) is 0 Å². The van der Waals surface area contributed by atoms with Crippen molar-refractivity contribution in [2.75, 3.05) is 16.4 Å². The molecule has 0 aliphatic rings. The van der Waals surface area contributed by atoms with E-state index in [-0.39, 0.29) is 22.4 Å². The van der Waals surface area contributed by atoms with Crippen LogP contribution >= 0.6 is 23.4 Å². The van der Waals surface area contributed by atoms with Crippen molar-refractivity contribution in [2.24, 2.45) is 0 Å². The van der Waals surface area contributed by atoms with Crippen LogP contribution in [0.1, 0.15) is 25.3 Å². The van der Waals surface area contributed by atoms with Gasteiger partial charge < -0.3 is 10.6 Å². The fourth-order valence-corrected chi connectivity index (χ4v) is 3.24. The second kappa shape index (κ2) is 9.84. The van der Waals surface area contributed by atoms with Gasteiger partial charge in [-0.2, -0.15) is 13.2 Å². The number of carbonyl (C=O) groups is 2. The quantitative estimate of drug-likeness (QED) is 0.543. The number of halogens is 4. The highest BCUT2D eigenvalue weighted by Gasteiger charge is 2.34. The lowest BCUT2D eigenvalue weighted by Gasteiger charge is -2.14. The van der Waals surface area contributed by atoms with Crippen LogP contribution in [0.15, 0.2) is 47.4 Å². The molecule has 0 atom stereocenters.